The molecule has 0 aliphatic heterocycles. The quantitative estimate of drug-likeness (QED) is 0.437. The third kappa shape index (κ3) is 6.27. The molecule has 0 aromatic carbocycles. The maximum absolute atomic E-state index is 13.5. The Morgan fingerprint density at radius 2 is 1.92 bits per heavy atom. The molecule has 3 amide bonds. The fourth-order valence-electron chi connectivity index (χ4n) is 6.44. The number of aromatic nitrogens is 2. The molecule has 10 heteroatoms. The first-order valence-corrected chi connectivity index (χ1v) is 13.3. The Morgan fingerprint density at radius 1 is 1.24 bits per heavy atom. The minimum absolute atomic E-state index is 0.0158. The van der Waals surface area contributed by atoms with Crippen molar-refractivity contribution >= 4 is 24.1 Å². The third-order valence-corrected chi connectivity index (χ3v) is 7.84. The van der Waals surface area contributed by atoms with Crippen LogP contribution in [-0.4, -0.2) is 52.5 Å². The highest BCUT2D eigenvalue weighted by atomic mass is 16.6. The van der Waals surface area contributed by atoms with Gasteiger partial charge in [-0.05, 0) is 55.8 Å². The first-order valence-electron chi connectivity index (χ1n) is 13.3. The summed E-state index contributed by atoms with van der Waals surface area (Å²) in [4.78, 5) is 36.4. The zero-order valence-corrected chi connectivity index (χ0v) is 22.6. The first-order chi connectivity index (χ1) is 17.4. The van der Waals surface area contributed by atoms with E-state index in [1.807, 2.05) is 33.8 Å². The molecule has 1 aromatic rings. The van der Waals surface area contributed by atoms with E-state index in [9.17, 15) is 14.4 Å². The van der Waals surface area contributed by atoms with Gasteiger partial charge in [-0.2, -0.15) is 5.10 Å². The number of amides is 3. The minimum Gasteiger partial charge on any atom is -0.477 e. The Balaban J connectivity index is 1.50. The SMILES string of the molecule is CC(=O)NCC(C)(C)C=Cn1ncc(C(=O)NC2C3CC4CC2CC(OC(N)=O)(C4)C3)c1OCC(C)C. The molecule has 0 radical (unpaired) electrons. The van der Waals surface area contributed by atoms with Crippen LogP contribution in [0.3, 0.4) is 0 Å². The van der Waals surface area contributed by atoms with Crippen molar-refractivity contribution in [2.24, 2.45) is 34.8 Å². The van der Waals surface area contributed by atoms with Crippen LogP contribution in [0.25, 0.3) is 6.20 Å². The maximum Gasteiger partial charge on any atom is 0.405 e. The Hall–Kier alpha value is -3.04. The van der Waals surface area contributed by atoms with Gasteiger partial charge in [-0.1, -0.05) is 33.8 Å². The summed E-state index contributed by atoms with van der Waals surface area (Å²) in [6.45, 7) is 10.5. The molecule has 4 aliphatic rings. The minimum atomic E-state index is -0.713. The monoisotopic (exact) mass is 515 g/mol. The van der Waals surface area contributed by atoms with E-state index >= 15 is 0 Å². The largest absolute Gasteiger partial charge is 0.477 e. The summed E-state index contributed by atoms with van der Waals surface area (Å²) in [7, 11) is 0. The van der Waals surface area contributed by atoms with E-state index in [-0.39, 0.29) is 41.0 Å². The van der Waals surface area contributed by atoms with E-state index in [2.05, 4.69) is 15.7 Å². The van der Waals surface area contributed by atoms with E-state index < -0.39 is 11.7 Å². The van der Waals surface area contributed by atoms with E-state index in [0.29, 0.717) is 30.5 Å². The third-order valence-electron chi connectivity index (χ3n) is 7.84. The van der Waals surface area contributed by atoms with Crippen molar-refractivity contribution in [3.05, 3.63) is 17.8 Å². The van der Waals surface area contributed by atoms with Gasteiger partial charge < -0.3 is 25.8 Å². The van der Waals surface area contributed by atoms with Gasteiger partial charge in [0, 0.05) is 31.1 Å². The number of primary amides is 1. The molecule has 204 valence electrons. The summed E-state index contributed by atoms with van der Waals surface area (Å²) in [6, 6.07) is 0.0158. The lowest BCUT2D eigenvalue weighted by Crippen LogP contribution is -2.63. The van der Waals surface area contributed by atoms with Crippen LogP contribution in [0.4, 0.5) is 4.79 Å². The Labute approximate surface area is 218 Å². The van der Waals surface area contributed by atoms with Gasteiger partial charge >= 0.3 is 6.09 Å². The van der Waals surface area contributed by atoms with Crippen molar-refractivity contribution in [2.45, 2.75) is 78.4 Å². The van der Waals surface area contributed by atoms with Crippen molar-refractivity contribution < 1.29 is 23.9 Å². The molecule has 4 fully saturated rings. The van der Waals surface area contributed by atoms with Crippen LogP contribution in [0.2, 0.25) is 0 Å². The number of nitrogens with zero attached hydrogens (tertiary/aromatic N) is 2. The summed E-state index contributed by atoms with van der Waals surface area (Å²) in [5.41, 5.74) is 4.97. The number of ether oxygens (including phenoxy) is 2. The molecular formula is C27H41N5O5. The Morgan fingerprint density at radius 3 is 2.51 bits per heavy atom. The van der Waals surface area contributed by atoms with Crippen LogP contribution < -0.4 is 21.1 Å². The van der Waals surface area contributed by atoms with Gasteiger partial charge in [0.05, 0.1) is 12.8 Å². The van der Waals surface area contributed by atoms with Gasteiger partial charge in [0.15, 0.2) is 0 Å². The molecule has 10 nitrogen and oxygen atoms in total. The van der Waals surface area contributed by atoms with Crippen LogP contribution in [0, 0.1) is 29.1 Å². The summed E-state index contributed by atoms with van der Waals surface area (Å²) >= 11 is 0. The second-order valence-electron chi connectivity index (χ2n) is 12.3. The summed E-state index contributed by atoms with van der Waals surface area (Å²) < 4.78 is 13.3. The second-order valence-corrected chi connectivity index (χ2v) is 12.3. The Bertz CT molecular complexity index is 1050. The van der Waals surface area contributed by atoms with Crippen LogP contribution >= 0.6 is 0 Å². The first kappa shape index (κ1) is 27.0. The summed E-state index contributed by atoms with van der Waals surface area (Å²) in [5.74, 6) is 1.37. The highest BCUT2D eigenvalue weighted by Crippen LogP contribution is 2.57. The van der Waals surface area contributed by atoms with Crippen LogP contribution in [0.5, 0.6) is 5.88 Å². The number of rotatable bonds is 10. The van der Waals surface area contributed by atoms with Gasteiger partial charge in [-0.25, -0.2) is 9.48 Å². The predicted molar refractivity (Wildman–Crippen MR) is 139 cm³/mol. The lowest BCUT2D eigenvalue weighted by Gasteiger charge is -2.58. The van der Waals surface area contributed by atoms with E-state index in [0.717, 1.165) is 32.1 Å². The van der Waals surface area contributed by atoms with Crippen molar-refractivity contribution in [3.63, 3.8) is 0 Å². The van der Waals surface area contributed by atoms with E-state index in [4.69, 9.17) is 15.2 Å². The lowest BCUT2D eigenvalue weighted by atomic mass is 9.52. The fraction of sp³-hybridized carbons (Fsp3) is 0.704. The number of carbonyl (C=O) groups is 3. The molecule has 2 unspecified atom stereocenters. The van der Waals surface area contributed by atoms with Crippen molar-refractivity contribution in [1.29, 1.82) is 0 Å². The Kier molecular flexibility index (Phi) is 7.57. The van der Waals surface area contributed by atoms with Crippen molar-refractivity contribution in [2.75, 3.05) is 13.2 Å². The number of hydrogen-bond acceptors (Lipinski definition) is 6. The average Bonchev–Trinajstić information content (AvgIpc) is 3.19. The molecule has 1 heterocycles. The van der Waals surface area contributed by atoms with Gasteiger partial charge in [-0.15, -0.1) is 0 Å². The summed E-state index contributed by atoms with van der Waals surface area (Å²) in [5, 5.41) is 10.5. The maximum atomic E-state index is 13.5. The van der Waals surface area contributed by atoms with Gasteiger partial charge in [0.25, 0.3) is 5.91 Å². The molecular weight excluding hydrogens is 474 g/mol. The molecule has 2 atom stereocenters. The van der Waals surface area contributed by atoms with Gasteiger partial charge in [0.1, 0.15) is 11.2 Å². The topological polar surface area (TPSA) is 138 Å². The van der Waals surface area contributed by atoms with Crippen LogP contribution in [0.1, 0.15) is 77.1 Å². The molecule has 4 bridgehead atoms. The molecule has 0 spiro atoms. The number of hydrogen-bond donors (Lipinski definition) is 3. The van der Waals surface area contributed by atoms with Crippen LogP contribution in [-0.2, 0) is 9.53 Å². The van der Waals surface area contributed by atoms with E-state index in [1.165, 1.54) is 6.92 Å². The van der Waals surface area contributed by atoms with Crippen molar-refractivity contribution in [1.82, 2.24) is 20.4 Å². The molecule has 0 saturated heterocycles. The number of nitrogens with two attached hydrogens (primary N) is 1. The smallest absolute Gasteiger partial charge is 0.405 e. The highest BCUT2D eigenvalue weighted by Gasteiger charge is 2.57. The molecule has 37 heavy (non-hydrogen) atoms. The molecule has 5 rings (SSSR count). The molecule has 1 aromatic heterocycles. The fourth-order valence-corrected chi connectivity index (χ4v) is 6.44. The number of carbonyl (C=O) groups excluding carboxylic acids is 3. The zero-order chi connectivity index (χ0) is 27.0. The normalized spacial score (nSPS) is 28.5. The lowest BCUT2D eigenvalue weighted by molar-refractivity contribution is -0.137. The molecule has 4 N–H and O–H groups in total. The number of nitrogens with one attached hydrogen (secondary N) is 2. The summed E-state index contributed by atoms with van der Waals surface area (Å²) in [6.07, 6.45) is 8.93. The van der Waals surface area contributed by atoms with Gasteiger partial charge in [-0.3, -0.25) is 9.59 Å². The standard InChI is InChI=1S/C27H41N5O5/c1-16(2)14-36-24-21(13-30-32(24)7-6-26(4,5)15-29-17(3)33)23(34)31-22-19-8-18-9-20(22)12-27(10-18,11-19)37-25(28)35/h6-7,13,16,18-20,22H,8-12,14-15H2,1-5H3,(H2,28,35)(H,29,33)(H,31,34). The molecule has 4 aliphatic carbocycles. The van der Waals surface area contributed by atoms with Crippen LogP contribution in [0.15, 0.2) is 12.3 Å². The molecule has 4 saturated carbocycles. The van der Waals surface area contributed by atoms with E-state index in [1.54, 1.807) is 17.1 Å². The van der Waals surface area contributed by atoms with Gasteiger partial charge in [0.2, 0.25) is 11.8 Å². The zero-order valence-electron chi connectivity index (χ0n) is 22.6. The average molecular weight is 516 g/mol. The van der Waals surface area contributed by atoms with Crippen molar-refractivity contribution in [3.8, 4) is 5.88 Å². The predicted octanol–water partition coefficient (Wildman–Crippen LogP) is 3.32. The second kappa shape index (κ2) is 10.4. The highest BCUT2D eigenvalue weighted by molar-refractivity contribution is 5.96.